The summed E-state index contributed by atoms with van der Waals surface area (Å²) >= 11 is 0. The van der Waals surface area contributed by atoms with Gasteiger partial charge in [-0.1, -0.05) is 0 Å². The van der Waals surface area contributed by atoms with Gasteiger partial charge in [-0.2, -0.15) is 0 Å². The Hall–Kier alpha value is -1.23. The van der Waals surface area contributed by atoms with E-state index in [2.05, 4.69) is 17.0 Å². The van der Waals surface area contributed by atoms with E-state index in [9.17, 15) is 8.42 Å². The third-order valence-electron chi connectivity index (χ3n) is 3.26. The zero-order valence-electron chi connectivity index (χ0n) is 10.8. The van der Waals surface area contributed by atoms with E-state index in [1.54, 1.807) is 19.1 Å². The summed E-state index contributed by atoms with van der Waals surface area (Å²) < 4.78 is 25.3. The van der Waals surface area contributed by atoms with Gasteiger partial charge < -0.3 is 5.32 Å². The molecule has 100 valence electrons. The normalized spacial score (nSPS) is 17.2. The molecule has 1 aromatic rings. The average Bonchev–Trinajstić information content (AvgIpc) is 3.15. The SMILES string of the molecule is CCS(=O)(=O)Nc1ccc(NC(C)C2CC2)cc1. The molecule has 1 aromatic carbocycles. The van der Waals surface area contributed by atoms with Crippen LogP contribution in [0.3, 0.4) is 0 Å². The van der Waals surface area contributed by atoms with E-state index >= 15 is 0 Å². The minimum atomic E-state index is -3.18. The summed E-state index contributed by atoms with van der Waals surface area (Å²) in [4.78, 5) is 0. The minimum absolute atomic E-state index is 0.0890. The highest BCUT2D eigenvalue weighted by Gasteiger charge is 2.27. The van der Waals surface area contributed by atoms with Crippen molar-refractivity contribution < 1.29 is 8.42 Å². The molecule has 1 aliphatic rings. The van der Waals surface area contributed by atoms with Gasteiger partial charge in [0.2, 0.25) is 10.0 Å². The topological polar surface area (TPSA) is 58.2 Å². The summed E-state index contributed by atoms with van der Waals surface area (Å²) in [6.45, 7) is 3.81. The minimum Gasteiger partial charge on any atom is -0.382 e. The van der Waals surface area contributed by atoms with Gasteiger partial charge in [-0.25, -0.2) is 8.42 Å². The van der Waals surface area contributed by atoms with Gasteiger partial charge in [-0.3, -0.25) is 4.72 Å². The lowest BCUT2D eigenvalue weighted by Crippen LogP contribution is -2.17. The fourth-order valence-corrected chi connectivity index (χ4v) is 2.50. The van der Waals surface area contributed by atoms with Crippen molar-refractivity contribution in [1.29, 1.82) is 0 Å². The lowest BCUT2D eigenvalue weighted by Gasteiger charge is -2.14. The molecular weight excluding hydrogens is 248 g/mol. The Kier molecular flexibility index (Phi) is 3.80. The molecule has 0 heterocycles. The van der Waals surface area contributed by atoms with Crippen molar-refractivity contribution in [2.24, 2.45) is 5.92 Å². The van der Waals surface area contributed by atoms with Crippen LogP contribution in [0, 0.1) is 5.92 Å². The molecule has 2 N–H and O–H groups in total. The molecular formula is C13H20N2O2S. The highest BCUT2D eigenvalue weighted by Crippen LogP contribution is 2.34. The van der Waals surface area contributed by atoms with Gasteiger partial charge in [0.1, 0.15) is 0 Å². The number of sulfonamides is 1. The Labute approximate surface area is 109 Å². The molecule has 1 atom stereocenters. The Morgan fingerprint density at radius 3 is 2.28 bits per heavy atom. The molecule has 0 spiro atoms. The molecule has 0 bridgehead atoms. The van der Waals surface area contributed by atoms with Crippen LogP contribution in [0.15, 0.2) is 24.3 Å². The first-order valence-electron chi connectivity index (χ1n) is 6.37. The third-order valence-corrected chi connectivity index (χ3v) is 4.57. The third kappa shape index (κ3) is 3.63. The number of hydrogen-bond donors (Lipinski definition) is 2. The van der Waals surface area contributed by atoms with Gasteiger partial charge in [0.25, 0.3) is 0 Å². The van der Waals surface area contributed by atoms with Crippen LogP contribution in [0.1, 0.15) is 26.7 Å². The Bertz CT molecular complexity index is 492. The molecule has 4 nitrogen and oxygen atoms in total. The highest BCUT2D eigenvalue weighted by atomic mass is 32.2. The van der Waals surface area contributed by atoms with E-state index in [4.69, 9.17) is 0 Å². The molecule has 2 rings (SSSR count). The molecule has 1 fully saturated rings. The first-order chi connectivity index (χ1) is 8.50. The van der Waals surface area contributed by atoms with Crippen LogP contribution in [0.2, 0.25) is 0 Å². The molecule has 0 saturated heterocycles. The van der Waals surface area contributed by atoms with Crippen molar-refractivity contribution >= 4 is 21.4 Å². The van der Waals surface area contributed by atoms with Crippen molar-refractivity contribution in [2.75, 3.05) is 15.8 Å². The smallest absolute Gasteiger partial charge is 0.232 e. The van der Waals surface area contributed by atoms with E-state index in [1.165, 1.54) is 12.8 Å². The van der Waals surface area contributed by atoms with Crippen LogP contribution in [0.4, 0.5) is 11.4 Å². The van der Waals surface area contributed by atoms with E-state index < -0.39 is 10.0 Å². The zero-order chi connectivity index (χ0) is 13.2. The van der Waals surface area contributed by atoms with Crippen molar-refractivity contribution in [3.05, 3.63) is 24.3 Å². The number of benzene rings is 1. The Morgan fingerprint density at radius 1 is 1.22 bits per heavy atom. The summed E-state index contributed by atoms with van der Waals surface area (Å²) in [5, 5.41) is 3.43. The number of hydrogen-bond acceptors (Lipinski definition) is 3. The van der Waals surface area contributed by atoms with E-state index in [1.807, 2.05) is 12.1 Å². The second-order valence-electron chi connectivity index (χ2n) is 4.85. The van der Waals surface area contributed by atoms with Crippen LogP contribution in [-0.4, -0.2) is 20.2 Å². The maximum absolute atomic E-state index is 11.4. The molecule has 1 saturated carbocycles. The summed E-state index contributed by atoms with van der Waals surface area (Å²) in [5.41, 5.74) is 1.65. The first kappa shape index (κ1) is 13.2. The Morgan fingerprint density at radius 2 is 1.78 bits per heavy atom. The summed E-state index contributed by atoms with van der Waals surface area (Å²) in [7, 11) is -3.18. The molecule has 1 aliphatic carbocycles. The second-order valence-corrected chi connectivity index (χ2v) is 6.86. The van der Waals surface area contributed by atoms with E-state index in [0.717, 1.165) is 11.6 Å². The second kappa shape index (κ2) is 5.18. The molecule has 1 unspecified atom stereocenters. The number of rotatable bonds is 6. The molecule has 18 heavy (non-hydrogen) atoms. The van der Waals surface area contributed by atoms with Gasteiger partial charge in [0.05, 0.1) is 5.75 Å². The molecule has 5 heteroatoms. The van der Waals surface area contributed by atoms with Gasteiger partial charge in [0.15, 0.2) is 0 Å². The number of anilines is 2. The monoisotopic (exact) mass is 268 g/mol. The Balaban J connectivity index is 1.96. The number of nitrogens with one attached hydrogen (secondary N) is 2. The van der Waals surface area contributed by atoms with Crippen molar-refractivity contribution in [3.8, 4) is 0 Å². The predicted octanol–water partition coefficient (Wildman–Crippen LogP) is 2.66. The standard InChI is InChI=1S/C13H20N2O2S/c1-3-18(16,17)15-13-8-6-12(7-9-13)14-10(2)11-4-5-11/h6-11,14-15H,3-5H2,1-2H3. The van der Waals surface area contributed by atoms with Crippen LogP contribution >= 0.6 is 0 Å². The fraction of sp³-hybridized carbons (Fsp3) is 0.538. The quantitative estimate of drug-likeness (QED) is 0.834. The predicted molar refractivity (Wildman–Crippen MR) is 75.3 cm³/mol. The average molecular weight is 268 g/mol. The van der Waals surface area contributed by atoms with E-state index in [0.29, 0.717) is 11.7 Å². The van der Waals surface area contributed by atoms with Crippen molar-refractivity contribution in [3.63, 3.8) is 0 Å². The molecule has 0 amide bonds. The van der Waals surface area contributed by atoms with Crippen LogP contribution in [0.5, 0.6) is 0 Å². The summed E-state index contributed by atoms with van der Waals surface area (Å²) in [5.74, 6) is 0.884. The van der Waals surface area contributed by atoms with E-state index in [-0.39, 0.29) is 5.75 Å². The molecule has 0 radical (unpaired) electrons. The van der Waals surface area contributed by atoms with Crippen LogP contribution in [0.25, 0.3) is 0 Å². The largest absolute Gasteiger partial charge is 0.382 e. The van der Waals surface area contributed by atoms with Crippen LogP contribution in [-0.2, 0) is 10.0 Å². The van der Waals surface area contributed by atoms with Gasteiger partial charge in [-0.05, 0) is 56.9 Å². The summed E-state index contributed by atoms with van der Waals surface area (Å²) in [6.07, 6.45) is 2.62. The maximum Gasteiger partial charge on any atom is 0.232 e. The van der Waals surface area contributed by atoms with Gasteiger partial charge in [-0.15, -0.1) is 0 Å². The lowest BCUT2D eigenvalue weighted by atomic mass is 10.2. The van der Waals surface area contributed by atoms with Crippen LogP contribution < -0.4 is 10.0 Å². The highest BCUT2D eigenvalue weighted by molar-refractivity contribution is 7.92. The lowest BCUT2D eigenvalue weighted by molar-refractivity contribution is 0.602. The van der Waals surface area contributed by atoms with Gasteiger partial charge in [0, 0.05) is 17.4 Å². The fourth-order valence-electron chi connectivity index (χ4n) is 1.86. The molecule has 0 aliphatic heterocycles. The maximum atomic E-state index is 11.4. The van der Waals surface area contributed by atoms with Gasteiger partial charge >= 0.3 is 0 Å². The zero-order valence-corrected chi connectivity index (χ0v) is 11.6. The molecule has 0 aromatic heterocycles. The summed E-state index contributed by atoms with van der Waals surface area (Å²) in [6, 6.07) is 7.88. The van der Waals surface area contributed by atoms with Crippen molar-refractivity contribution in [1.82, 2.24) is 0 Å². The van der Waals surface area contributed by atoms with Crippen molar-refractivity contribution in [2.45, 2.75) is 32.7 Å². The first-order valence-corrected chi connectivity index (χ1v) is 8.02.